The molecule has 2 aromatic carbocycles. The smallest absolute Gasteiger partial charge is 0.412 e. The Morgan fingerprint density at radius 1 is 0.434 bits per heavy atom. The summed E-state index contributed by atoms with van der Waals surface area (Å²) >= 11 is 8.51. The van der Waals surface area contributed by atoms with Crippen LogP contribution in [0.25, 0.3) is 11.1 Å². The number of thiazole rings is 3. The Morgan fingerprint density at radius 2 is 0.794 bits per heavy atom. The van der Waals surface area contributed by atoms with Gasteiger partial charge in [0.25, 0.3) is 0 Å². The molecule has 0 radical (unpaired) electrons. The zero-order chi connectivity index (χ0) is 102. The van der Waals surface area contributed by atoms with E-state index in [0.717, 1.165) is 84.6 Å². The number of ketones is 3. The number of amides is 8. The molecule has 0 unspecified atom stereocenters. The van der Waals surface area contributed by atoms with Gasteiger partial charge >= 0.3 is 89.1 Å². The largest absolute Gasteiger partial charge is 0.480 e. The van der Waals surface area contributed by atoms with Gasteiger partial charge in [0.15, 0.2) is 10.8 Å². The van der Waals surface area contributed by atoms with Gasteiger partial charge in [0.2, 0.25) is 15.9 Å². The van der Waals surface area contributed by atoms with E-state index in [1.807, 2.05) is 127 Å². The van der Waals surface area contributed by atoms with Gasteiger partial charge in [-0.05, 0) is 157 Å². The van der Waals surface area contributed by atoms with Crippen LogP contribution in [0.4, 0.5) is 39.9 Å². The van der Waals surface area contributed by atoms with Crippen LogP contribution < -0.4 is 41.7 Å². The van der Waals surface area contributed by atoms with E-state index < -0.39 is 106 Å². The monoisotopic (exact) mass is 2010 g/mol. The van der Waals surface area contributed by atoms with E-state index >= 15 is 0 Å². The van der Waals surface area contributed by atoms with Crippen molar-refractivity contribution in [1.82, 2.24) is 50.5 Å². The number of hydrogen-bond donors (Lipinski definition) is 7. The molecule has 756 valence electrons. The number of aromatic carboxylic acids is 1. The van der Waals surface area contributed by atoms with E-state index in [-0.39, 0.29) is 86.3 Å². The molecule has 0 atom stereocenters. The van der Waals surface area contributed by atoms with Crippen LogP contribution in [-0.4, -0.2) is 333 Å². The fourth-order valence-corrected chi connectivity index (χ4v) is 13.3. The predicted molar refractivity (Wildman–Crippen MR) is 505 cm³/mol. The van der Waals surface area contributed by atoms with E-state index in [9.17, 15) is 91.1 Å². The first-order valence-corrected chi connectivity index (χ1v) is 44.1. The number of carboxylic acid groups (broad SMARTS) is 2. The van der Waals surface area contributed by atoms with Gasteiger partial charge in [-0.1, -0.05) is 77.8 Å². The van der Waals surface area contributed by atoms with Gasteiger partial charge in [-0.15, -0.1) is 12.4 Å². The molecule has 8 N–H and O–H groups in total. The number of rotatable bonds is 18. The van der Waals surface area contributed by atoms with Gasteiger partial charge in [-0.2, -0.15) is 0 Å². The molecule has 45 nitrogen and oxygen atoms in total. The summed E-state index contributed by atoms with van der Waals surface area (Å²) in [5.41, 5.74) is 5.97. The third-order valence-corrected chi connectivity index (χ3v) is 20.3. The molecule has 3 aromatic heterocycles. The molecule has 136 heavy (non-hydrogen) atoms. The molecule has 0 aliphatic carbocycles. The Balaban J connectivity index is 0.00000162. The lowest BCUT2D eigenvalue weighted by atomic mass is 9.99. The molecule has 4 aliphatic heterocycles. The number of carboxylic acids is 2. The summed E-state index contributed by atoms with van der Waals surface area (Å²) in [6.45, 7) is 32.1. The highest BCUT2D eigenvalue weighted by Gasteiger charge is 2.33. The lowest BCUT2D eigenvalue weighted by Crippen LogP contribution is -2.53. The molecule has 0 saturated carbocycles. The number of anilines is 4. The lowest BCUT2D eigenvalue weighted by molar-refractivity contribution is -0.153. The number of hydrogen-bond acceptors (Lipinski definition) is 38. The fraction of sp³-hybridized carbons (Fsp3) is 0.535. The third-order valence-electron chi connectivity index (χ3n) is 16.9. The van der Waals surface area contributed by atoms with E-state index in [4.69, 9.17) is 34.9 Å². The lowest BCUT2D eigenvalue weighted by Gasteiger charge is -2.35. The van der Waals surface area contributed by atoms with Gasteiger partial charge in [-0.25, -0.2) is 62.9 Å². The van der Waals surface area contributed by atoms with E-state index in [2.05, 4.69) is 76.0 Å². The minimum Gasteiger partial charge on any atom is -0.480 e. The predicted octanol–water partition coefficient (Wildman–Crippen LogP) is 7.55. The minimum atomic E-state index is -1.22. The highest BCUT2D eigenvalue weighted by atomic mass is 35.5. The van der Waals surface area contributed by atoms with Crippen molar-refractivity contribution in [2.45, 2.75) is 152 Å². The zero-order valence-corrected chi connectivity index (χ0v) is 82.8. The van der Waals surface area contributed by atoms with E-state index in [1.54, 1.807) is 43.0 Å². The number of Topliss-reactive ketones (excluding diaryl/α,β-unsaturated/α-hetero) is 3. The molecule has 4 saturated heterocycles. The Hall–Kier alpha value is -12.8. The fourth-order valence-electron chi connectivity index (χ4n) is 10.6. The highest BCUT2D eigenvalue weighted by Crippen LogP contribution is 2.32. The molecule has 9 rings (SSSR count). The molecule has 0 bridgehead atoms. The second-order valence-corrected chi connectivity index (χ2v) is 35.7. The minimum absolute atomic E-state index is 0. The van der Waals surface area contributed by atoms with Gasteiger partial charge in [0, 0.05) is 104 Å². The van der Waals surface area contributed by atoms with Crippen LogP contribution in [-0.2, 0) is 107 Å². The Morgan fingerprint density at radius 3 is 1.15 bits per heavy atom. The summed E-state index contributed by atoms with van der Waals surface area (Å²) in [5.74, 6) is -10.3. The summed E-state index contributed by atoms with van der Waals surface area (Å²) < 4.78 is 42.2. The summed E-state index contributed by atoms with van der Waals surface area (Å²) in [6, 6.07) is 15.7. The number of piperazine rings is 3. The molecular formula is C86H125Cl2N15O30S3. The average molecular weight is 2020 g/mol. The van der Waals surface area contributed by atoms with Crippen LogP contribution in [0, 0.1) is 0 Å². The van der Waals surface area contributed by atoms with Crippen molar-refractivity contribution < 1.29 is 144 Å². The normalized spacial score (nSPS) is 13.1. The molecule has 7 heterocycles. The number of aromatic nitrogens is 3. The first kappa shape index (κ1) is 123. The van der Waals surface area contributed by atoms with Crippen LogP contribution in [0.2, 0.25) is 0 Å². The van der Waals surface area contributed by atoms with Crippen molar-refractivity contribution in [3.63, 3.8) is 0 Å². The highest BCUT2D eigenvalue weighted by molar-refractivity contribution is 7.18. The maximum absolute atomic E-state index is 13.2. The number of ether oxygens (including phenoxy) is 9. The Kier molecular flexibility index (Phi) is 55.5. The first-order valence-electron chi connectivity index (χ1n) is 41.2. The quantitative estimate of drug-likeness (QED) is 0.0146. The van der Waals surface area contributed by atoms with Gasteiger partial charge < -0.3 is 109 Å². The zero-order valence-electron chi connectivity index (χ0n) is 78.8. The van der Waals surface area contributed by atoms with Crippen LogP contribution in [0.1, 0.15) is 159 Å². The average Bonchev–Trinajstić information content (AvgIpc) is 1.78. The number of nitrogens with two attached hydrogens (primary N) is 1. The van der Waals surface area contributed by atoms with Crippen molar-refractivity contribution in [2.75, 3.05) is 173 Å². The number of carbonyl (C=O) groups is 19. The molecule has 8 amide bonds. The number of aliphatic carboxylic acids is 1. The van der Waals surface area contributed by atoms with Crippen molar-refractivity contribution in [3.8, 4) is 11.1 Å². The number of benzene rings is 2. The number of piperidine rings is 1. The molecular weight excluding hydrogens is 1890 g/mol. The van der Waals surface area contributed by atoms with E-state index in [1.165, 1.54) is 72.7 Å². The van der Waals surface area contributed by atoms with Crippen LogP contribution >= 0.6 is 58.0 Å². The topological polar surface area (TPSA) is 583 Å². The van der Waals surface area contributed by atoms with Gasteiger partial charge in [-0.3, -0.25) is 48.5 Å². The van der Waals surface area contributed by atoms with Gasteiger partial charge in [0.05, 0.1) is 73.8 Å². The summed E-state index contributed by atoms with van der Waals surface area (Å²) in [4.78, 5) is 234. The SMILES string of the molecule is C.CC(=O)CN.CC(C)(C)OC(=O)N1CCN(c2cnc(C(=O)O)s2)CC1.CC(C)(C)OC(=O)Nc1ccc(-c2ccccc2)cc1CC(=O)c1ncc(N2CCCCC2)s1.COC(=O)C(=O)Cl.COC(=O)C(=O)NCC(=O)N1CCN(C(=O)OC(C)(C)C)CC1.COC(=O)C(=O)NCC(=O)O.COC(=O)C(=O)NCC(C)=O.COC(=O)c1ncc(N2CCN(C(=O)OC(C)(C)C)CC2)s1.Cl. The number of carbonyl (C=O) groups excluding carboxylic acids is 17. The van der Waals surface area contributed by atoms with Crippen LogP contribution in [0.5, 0.6) is 0 Å². The summed E-state index contributed by atoms with van der Waals surface area (Å²) in [6.07, 6.45) is 7.23. The van der Waals surface area contributed by atoms with Crippen molar-refractivity contribution in [2.24, 2.45) is 5.73 Å². The first-order chi connectivity index (χ1) is 62.6. The molecule has 4 fully saturated rings. The van der Waals surface area contributed by atoms with Crippen LogP contribution in [0.3, 0.4) is 0 Å². The van der Waals surface area contributed by atoms with Crippen molar-refractivity contribution in [3.05, 3.63) is 87.7 Å². The Labute approximate surface area is 811 Å². The van der Waals surface area contributed by atoms with E-state index in [0.29, 0.717) is 94.2 Å². The van der Waals surface area contributed by atoms with Crippen molar-refractivity contribution >= 4 is 191 Å². The number of halogens is 2. The second kappa shape index (κ2) is 61.2. The summed E-state index contributed by atoms with van der Waals surface area (Å²) in [7, 11) is 5.63. The second-order valence-electron chi connectivity index (χ2n) is 32.4. The molecule has 5 aromatic rings. The maximum Gasteiger partial charge on any atom is 0.412 e. The Bertz CT molecular complexity index is 4760. The molecule has 50 heteroatoms. The van der Waals surface area contributed by atoms with Crippen LogP contribution in [0.15, 0.2) is 67.1 Å². The maximum atomic E-state index is 13.2. The standard InChI is InChI=1S/C27H31N3O3S.C14H23N3O6.C14H21N3O4S.C13H19N3O4S.C6H9NO4.C5H7NO5.C3H3ClO3.C3H7NO.CH4.ClH/c1-27(2,3)33-26(32)29-22-13-12-20(19-10-6-4-7-11-19)16-21(22)17-23(31)25-28-18-24(34-25)30-14-8-5-9-15-30;1-14(2,3)23-13(21)17-7-5-16(6-8-17)10(18)9-15-11(19)12(20)22-4;1-14(2,3)21-13(19)17-7-5-16(6-8-17)10-9-15-11(22-10)12(18)20-4;1-13(2,3)20-12(19)16-6-4-15(5-7-16)9-8-14-10(21-9)11(17)18;1-4(8)3-7-5(9)6(10)11-2;1-11-5(10)4(9)6-2-3(7)8;1-7-3(6)2(4)5;1-3(5)2-4;;/h4,6-7,10-13,16,18H,5,8-9,14-15,17H2,1-3H3,(H,29,32);5-9H2,1-4H3,(H,15,19);9H,5-8H2,1-4H3;8H,4-7H2,1-3H3,(H,17,18);3H2,1-2H3,(H,7,9);2H2,1H3,(H,6,9)(H,7,8);1H3;2,4H2,1H3;1H4;1H. The van der Waals surface area contributed by atoms with Gasteiger partial charge in [0.1, 0.15) is 55.5 Å². The number of nitrogens with one attached hydrogen (secondary N) is 4. The molecule has 4 aliphatic rings. The number of nitrogens with zero attached hydrogens (tertiary/aromatic N) is 10. The summed E-state index contributed by atoms with van der Waals surface area (Å²) in [5, 5.41) is 28.4. The number of esters is 5. The third kappa shape index (κ3) is 49.4. The number of methoxy groups -OCH3 is 5. The molecule has 0 spiro atoms. The van der Waals surface area contributed by atoms with Crippen molar-refractivity contribution in [1.29, 1.82) is 0 Å².